The second kappa shape index (κ2) is 5.06. The normalized spacial score (nSPS) is 9.50. The van der Waals surface area contributed by atoms with Gasteiger partial charge < -0.3 is 16.4 Å². The molecule has 0 saturated heterocycles. The van der Waals surface area contributed by atoms with Crippen LogP contribution in [0.4, 0.5) is 16.2 Å². The second-order valence-corrected chi connectivity index (χ2v) is 2.84. The van der Waals surface area contributed by atoms with Crippen molar-refractivity contribution in [3.63, 3.8) is 0 Å². The quantitative estimate of drug-likeness (QED) is 0.676. The zero-order valence-electron chi connectivity index (χ0n) is 8.08. The van der Waals surface area contributed by atoms with Gasteiger partial charge in [0.25, 0.3) is 0 Å². The number of nitrogens with zero attached hydrogens (tertiary/aromatic N) is 1. The topological polar surface area (TPSA) is 80.0 Å². The van der Waals surface area contributed by atoms with Crippen molar-refractivity contribution in [2.75, 3.05) is 17.6 Å². The molecule has 0 fully saturated rings. The van der Waals surface area contributed by atoms with E-state index in [2.05, 4.69) is 15.6 Å². The third-order valence-corrected chi connectivity index (χ3v) is 1.64. The van der Waals surface area contributed by atoms with Gasteiger partial charge in [-0.15, -0.1) is 0 Å². The number of urea groups is 1. The number of nitrogens with two attached hydrogens (primary N) is 1. The molecule has 0 aliphatic carbocycles. The predicted molar refractivity (Wildman–Crippen MR) is 56.0 cm³/mol. The summed E-state index contributed by atoms with van der Waals surface area (Å²) in [5, 5.41) is 5.31. The Bertz CT molecular complexity index is 313. The third kappa shape index (κ3) is 2.93. The molecule has 5 nitrogen and oxygen atoms in total. The molecule has 0 aliphatic heterocycles. The molecule has 0 spiro atoms. The molecule has 2 amide bonds. The van der Waals surface area contributed by atoms with E-state index in [0.717, 1.165) is 6.42 Å². The summed E-state index contributed by atoms with van der Waals surface area (Å²) >= 11 is 0. The predicted octanol–water partition coefficient (Wildman–Crippen LogP) is 1.20. The van der Waals surface area contributed by atoms with Gasteiger partial charge in [-0.05, 0) is 12.5 Å². The molecular weight excluding hydrogens is 180 g/mol. The highest BCUT2D eigenvalue weighted by molar-refractivity contribution is 5.92. The fraction of sp³-hybridized carbons (Fsp3) is 0.333. The number of nitrogen functional groups attached to an aromatic ring is 1. The van der Waals surface area contributed by atoms with E-state index in [1.807, 2.05) is 6.92 Å². The maximum atomic E-state index is 11.2. The van der Waals surface area contributed by atoms with E-state index < -0.39 is 0 Å². The molecule has 0 unspecified atom stereocenters. The number of amides is 2. The Kier molecular flexibility index (Phi) is 3.72. The monoisotopic (exact) mass is 194 g/mol. The van der Waals surface area contributed by atoms with Crippen LogP contribution in [-0.2, 0) is 0 Å². The average molecular weight is 194 g/mol. The maximum Gasteiger partial charge on any atom is 0.319 e. The Labute approximate surface area is 82.7 Å². The number of hydrogen-bond acceptors (Lipinski definition) is 3. The van der Waals surface area contributed by atoms with Gasteiger partial charge in [0, 0.05) is 12.7 Å². The van der Waals surface area contributed by atoms with Gasteiger partial charge in [-0.2, -0.15) is 0 Å². The highest BCUT2D eigenvalue weighted by Gasteiger charge is 2.02. The molecule has 4 N–H and O–H groups in total. The molecular formula is C9H14N4O. The summed E-state index contributed by atoms with van der Waals surface area (Å²) in [6.45, 7) is 2.64. The van der Waals surface area contributed by atoms with Gasteiger partial charge in [0.05, 0.1) is 17.6 Å². The summed E-state index contributed by atoms with van der Waals surface area (Å²) in [6.07, 6.45) is 3.97. The van der Waals surface area contributed by atoms with Crippen molar-refractivity contribution in [2.45, 2.75) is 13.3 Å². The van der Waals surface area contributed by atoms with Crippen LogP contribution in [0.5, 0.6) is 0 Å². The van der Waals surface area contributed by atoms with Gasteiger partial charge in [-0.3, -0.25) is 4.98 Å². The molecule has 14 heavy (non-hydrogen) atoms. The van der Waals surface area contributed by atoms with E-state index >= 15 is 0 Å². The fourth-order valence-corrected chi connectivity index (χ4v) is 0.926. The first-order chi connectivity index (χ1) is 6.74. The Morgan fingerprint density at radius 3 is 3.07 bits per heavy atom. The minimum atomic E-state index is -0.246. The number of rotatable bonds is 3. The zero-order valence-corrected chi connectivity index (χ0v) is 8.08. The fourth-order valence-electron chi connectivity index (χ4n) is 0.926. The molecule has 76 valence electrons. The van der Waals surface area contributed by atoms with Crippen LogP contribution in [-0.4, -0.2) is 17.6 Å². The summed E-state index contributed by atoms with van der Waals surface area (Å²) in [4.78, 5) is 15.0. The maximum absolute atomic E-state index is 11.2. The molecule has 1 aromatic rings. The lowest BCUT2D eigenvalue weighted by Crippen LogP contribution is -2.29. The lowest BCUT2D eigenvalue weighted by atomic mass is 10.3. The van der Waals surface area contributed by atoms with Crippen LogP contribution >= 0.6 is 0 Å². The molecule has 0 aromatic carbocycles. The Morgan fingerprint density at radius 1 is 1.64 bits per heavy atom. The van der Waals surface area contributed by atoms with Crippen molar-refractivity contribution in [3.05, 3.63) is 18.5 Å². The number of carbonyl (C=O) groups excluding carboxylic acids is 1. The van der Waals surface area contributed by atoms with E-state index in [0.29, 0.717) is 17.9 Å². The van der Waals surface area contributed by atoms with Gasteiger partial charge in [0.15, 0.2) is 0 Å². The highest BCUT2D eigenvalue weighted by atomic mass is 16.2. The largest absolute Gasteiger partial charge is 0.396 e. The van der Waals surface area contributed by atoms with Crippen LogP contribution in [0.2, 0.25) is 0 Å². The van der Waals surface area contributed by atoms with Crippen molar-refractivity contribution >= 4 is 17.4 Å². The Hall–Kier alpha value is -1.78. The van der Waals surface area contributed by atoms with Crippen molar-refractivity contribution in [1.82, 2.24) is 10.3 Å². The summed E-state index contributed by atoms with van der Waals surface area (Å²) in [5.74, 6) is 0. The number of anilines is 2. The second-order valence-electron chi connectivity index (χ2n) is 2.84. The molecule has 0 radical (unpaired) electrons. The smallest absolute Gasteiger partial charge is 0.319 e. The summed E-state index contributed by atoms with van der Waals surface area (Å²) in [7, 11) is 0. The molecule has 5 heteroatoms. The van der Waals surface area contributed by atoms with Gasteiger partial charge in [-0.1, -0.05) is 6.92 Å². The van der Waals surface area contributed by atoms with Crippen LogP contribution in [0.25, 0.3) is 0 Å². The van der Waals surface area contributed by atoms with E-state index in [-0.39, 0.29) is 6.03 Å². The molecule has 0 atom stereocenters. The Balaban J connectivity index is 2.52. The summed E-state index contributed by atoms with van der Waals surface area (Å²) in [5.41, 5.74) is 6.63. The number of hydrogen-bond donors (Lipinski definition) is 3. The molecule has 1 heterocycles. The lowest BCUT2D eigenvalue weighted by molar-refractivity contribution is 0.252. The third-order valence-electron chi connectivity index (χ3n) is 1.64. The van der Waals surface area contributed by atoms with Crippen LogP contribution in [0.1, 0.15) is 13.3 Å². The number of pyridine rings is 1. The molecule has 1 aromatic heterocycles. The average Bonchev–Trinajstić information content (AvgIpc) is 2.18. The molecule has 1 rings (SSSR count). The van der Waals surface area contributed by atoms with E-state index in [4.69, 9.17) is 5.73 Å². The van der Waals surface area contributed by atoms with E-state index in [9.17, 15) is 4.79 Å². The summed E-state index contributed by atoms with van der Waals surface area (Å²) in [6, 6.07) is 1.41. The standard InChI is InChI=1S/C9H14N4O/c1-2-4-12-9(14)13-8-3-5-11-6-7(8)10/h3,5-6H,2,4,10H2,1H3,(H2,11,12,13,14). The van der Waals surface area contributed by atoms with Gasteiger partial charge in [0.1, 0.15) is 0 Å². The van der Waals surface area contributed by atoms with Gasteiger partial charge >= 0.3 is 6.03 Å². The van der Waals surface area contributed by atoms with Crippen molar-refractivity contribution in [3.8, 4) is 0 Å². The van der Waals surface area contributed by atoms with E-state index in [1.165, 1.54) is 6.20 Å². The van der Waals surface area contributed by atoms with Crippen LogP contribution in [0, 0.1) is 0 Å². The molecule has 0 bridgehead atoms. The number of aromatic nitrogens is 1. The number of carbonyl (C=O) groups is 1. The SMILES string of the molecule is CCCNC(=O)Nc1ccncc1N. The first kappa shape index (κ1) is 10.3. The first-order valence-electron chi connectivity index (χ1n) is 4.48. The van der Waals surface area contributed by atoms with Crippen molar-refractivity contribution < 1.29 is 4.79 Å². The van der Waals surface area contributed by atoms with Crippen LogP contribution < -0.4 is 16.4 Å². The molecule has 0 saturated carbocycles. The van der Waals surface area contributed by atoms with Crippen LogP contribution in [0.3, 0.4) is 0 Å². The Morgan fingerprint density at radius 2 is 2.43 bits per heavy atom. The van der Waals surface area contributed by atoms with Crippen molar-refractivity contribution in [2.24, 2.45) is 0 Å². The van der Waals surface area contributed by atoms with Gasteiger partial charge in [0.2, 0.25) is 0 Å². The van der Waals surface area contributed by atoms with Crippen molar-refractivity contribution in [1.29, 1.82) is 0 Å². The van der Waals surface area contributed by atoms with Crippen LogP contribution in [0.15, 0.2) is 18.5 Å². The zero-order chi connectivity index (χ0) is 10.4. The van der Waals surface area contributed by atoms with Gasteiger partial charge in [-0.25, -0.2) is 4.79 Å². The summed E-state index contributed by atoms with van der Waals surface area (Å²) < 4.78 is 0. The first-order valence-corrected chi connectivity index (χ1v) is 4.48. The number of nitrogens with one attached hydrogen (secondary N) is 2. The minimum Gasteiger partial charge on any atom is -0.396 e. The lowest BCUT2D eigenvalue weighted by Gasteiger charge is -2.07. The highest BCUT2D eigenvalue weighted by Crippen LogP contribution is 2.14. The minimum absolute atomic E-state index is 0.246. The van der Waals surface area contributed by atoms with E-state index in [1.54, 1.807) is 12.3 Å². The molecule has 0 aliphatic rings.